The van der Waals surface area contributed by atoms with Gasteiger partial charge in [-0.05, 0) is 33.2 Å². The Kier molecular flexibility index (Phi) is 3.54. The molecule has 1 aromatic rings. The van der Waals surface area contributed by atoms with Crippen molar-refractivity contribution in [3.63, 3.8) is 0 Å². The number of ether oxygens (including phenoxy) is 1. The van der Waals surface area contributed by atoms with Crippen molar-refractivity contribution in [2.75, 3.05) is 31.7 Å². The van der Waals surface area contributed by atoms with Gasteiger partial charge in [-0.1, -0.05) is 11.3 Å². The topological polar surface area (TPSA) is 37.4 Å². The number of rotatable bonds is 2. The Balaban J connectivity index is 1.87. The monoisotopic (exact) mass is 267 g/mol. The van der Waals surface area contributed by atoms with Gasteiger partial charge in [-0.3, -0.25) is 0 Å². The second-order valence-corrected chi connectivity index (χ2v) is 6.17. The Morgan fingerprint density at radius 1 is 1.50 bits per heavy atom. The van der Waals surface area contributed by atoms with Crippen LogP contribution >= 0.6 is 11.3 Å². The Labute approximate surface area is 112 Å². The molecule has 18 heavy (non-hydrogen) atoms. The Bertz CT molecular complexity index is 420. The first-order chi connectivity index (χ1) is 8.79. The molecule has 1 fully saturated rings. The summed E-state index contributed by atoms with van der Waals surface area (Å²) in [4.78, 5) is 8.73. The molecule has 0 bridgehead atoms. The van der Waals surface area contributed by atoms with Gasteiger partial charge in [0.15, 0.2) is 5.13 Å². The third kappa shape index (κ3) is 2.15. The van der Waals surface area contributed by atoms with Crippen LogP contribution in [0.5, 0.6) is 0 Å². The first-order valence-corrected chi connectivity index (χ1v) is 7.62. The van der Waals surface area contributed by atoms with E-state index >= 15 is 0 Å². The van der Waals surface area contributed by atoms with Gasteiger partial charge in [-0.2, -0.15) is 0 Å². The molecule has 100 valence electrons. The number of nitrogens with one attached hydrogen (secondary N) is 1. The molecule has 1 aliphatic carbocycles. The van der Waals surface area contributed by atoms with E-state index in [9.17, 15) is 0 Å². The van der Waals surface area contributed by atoms with Gasteiger partial charge in [-0.25, -0.2) is 4.98 Å². The molecular formula is C13H21N3OS. The van der Waals surface area contributed by atoms with Crippen molar-refractivity contribution >= 4 is 16.5 Å². The number of nitrogens with zero attached hydrogens (tertiary/aromatic N) is 2. The summed E-state index contributed by atoms with van der Waals surface area (Å²) < 4.78 is 5.50. The zero-order chi connectivity index (χ0) is 12.5. The summed E-state index contributed by atoms with van der Waals surface area (Å²) in [6.07, 6.45) is 3.63. The van der Waals surface area contributed by atoms with E-state index in [0.717, 1.165) is 26.2 Å². The molecular weight excluding hydrogens is 246 g/mol. The average Bonchev–Trinajstić information content (AvgIpc) is 2.82. The summed E-state index contributed by atoms with van der Waals surface area (Å²) in [5, 5.41) is 4.61. The van der Waals surface area contributed by atoms with E-state index in [1.807, 2.05) is 11.3 Å². The maximum Gasteiger partial charge on any atom is 0.186 e. The predicted octanol–water partition coefficient (Wildman–Crippen LogP) is 1.96. The minimum absolute atomic E-state index is 0.444. The van der Waals surface area contributed by atoms with E-state index in [-0.39, 0.29) is 0 Å². The van der Waals surface area contributed by atoms with Crippen molar-refractivity contribution in [3.8, 4) is 0 Å². The number of hydrogen-bond acceptors (Lipinski definition) is 5. The lowest BCUT2D eigenvalue weighted by atomic mass is 9.98. The van der Waals surface area contributed by atoms with Crippen LogP contribution < -0.4 is 10.2 Å². The van der Waals surface area contributed by atoms with Crippen molar-refractivity contribution in [2.45, 2.75) is 38.3 Å². The summed E-state index contributed by atoms with van der Waals surface area (Å²) in [5.74, 6) is 0. The van der Waals surface area contributed by atoms with Crippen LogP contribution in [-0.4, -0.2) is 37.8 Å². The molecule has 5 heteroatoms. The number of morpholine rings is 1. The van der Waals surface area contributed by atoms with E-state index in [1.54, 1.807) is 0 Å². The number of aryl methyl sites for hydroxylation is 1. The van der Waals surface area contributed by atoms with Crippen LogP contribution in [0.15, 0.2) is 0 Å². The highest BCUT2D eigenvalue weighted by molar-refractivity contribution is 7.15. The highest BCUT2D eigenvalue weighted by atomic mass is 32.1. The summed E-state index contributed by atoms with van der Waals surface area (Å²) in [6.45, 7) is 4.83. The molecule has 3 rings (SSSR count). The van der Waals surface area contributed by atoms with E-state index < -0.39 is 0 Å². The highest BCUT2D eigenvalue weighted by Crippen LogP contribution is 2.38. The number of aromatic nitrogens is 1. The molecule has 1 aliphatic heterocycles. The summed E-state index contributed by atoms with van der Waals surface area (Å²) in [6, 6.07) is 0.954. The lowest BCUT2D eigenvalue weighted by Crippen LogP contribution is -2.43. The number of hydrogen-bond donors (Lipinski definition) is 1. The zero-order valence-electron chi connectivity index (χ0n) is 11.1. The second-order valence-electron chi connectivity index (χ2n) is 5.16. The van der Waals surface area contributed by atoms with E-state index in [1.165, 1.54) is 28.5 Å². The third-order valence-corrected chi connectivity index (χ3v) is 5.15. The molecule has 0 amide bonds. The van der Waals surface area contributed by atoms with Crippen LogP contribution in [0.25, 0.3) is 0 Å². The first kappa shape index (κ1) is 12.4. The fourth-order valence-corrected chi connectivity index (χ4v) is 4.20. The van der Waals surface area contributed by atoms with Gasteiger partial charge >= 0.3 is 0 Å². The molecule has 2 unspecified atom stereocenters. The van der Waals surface area contributed by atoms with E-state index in [0.29, 0.717) is 12.1 Å². The van der Waals surface area contributed by atoms with Gasteiger partial charge in [0.1, 0.15) is 0 Å². The van der Waals surface area contributed by atoms with Crippen molar-refractivity contribution in [3.05, 3.63) is 10.6 Å². The van der Waals surface area contributed by atoms with Crippen LogP contribution in [0, 0.1) is 0 Å². The molecule has 2 atom stereocenters. The lowest BCUT2D eigenvalue weighted by molar-refractivity contribution is 0.0989. The molecule has 0 saturated carbocycles. The summed E-state index contributed by atoms with van der Waals surface area (Å²) in [7, 11) is 2.05. The molecule has 1 saturated heterocycles. The van der Waals surface area contributed by atoms with Crippen molar-refractivity contribution < 1.29 is 4.74 Å². The first-order valence-electron chi connectivity index (χ1n) is 6.81. The number of anilines is 1. The van der Waals surface area contributed by atoms with E-state index in [2.05, 4.69) is 24.2 Å². The minimum Gasteiger partial charge on any atom is -0.377 e. The largest absolute Gasteiger partial charge is 0.377 e. The average molecular weight is 267 g/mol. The van der Waals surface area contributed by atoms with Crippen LogP contribution in [0.3, 0.4) is 0 Å². The Morgan fingerprint density at radius 2 is 2.39 bits per heavy atom. The zero-order valence-corrected chi connectivity index (χ0v) is 11.9. The third-order valence-electron chi connectivity index (χ3n) is 3.90. The molecule has 1 N–H and O–H groups in total. The molecule has 0 radical (unpaired) electrons. The van der Waals surface area contributed by atoms with Gasteiger partial charge in [-0.15, -0.1) is 0 Å². The highest BCUT2D eigenvalue weighted by Gasteiger charge is 2.27. The molecule has 1 aromatic heterocycles. The molecule has 2 heterocycles. The van der Waals surface area contributed by atoms with Gasteiger partial charge in [0.25, 0.3) is 0 Å². The van der Waals surface area contributed by atoms with Crippen LogP contribution in [0.1, 0.15) is 36.4 Å². The summed E-state index contributed by atoms with van der Waals surface area (Å²) >= 11 is 1.88. The maximum absolute atomic E-state index is 5.50. The smallest absolute Gasteiger partial charge is 0.186 e. The Hall–Kier alpha value is -0.650. The molecule has 0 spiro atoms. The lowest BCUT2D eigenvalue weighted by Gasteiger charge is -2.32. The standard InChI is InChI=1S/C13H21N3OS/c1-9-8-17-7-6-16(9)13-15-11-5-3-4-10(14-2)12(11)18-13/h9-10,14H,3-8H2,1-2H3. The van der Waals surface area contributed by atoms with Gasteiger partial charge in [0, 0.05) is 17.5 Å². The molecule has 2 aliphatic rings. The van der Waals surface area contributed by atoms with Crippen LogP contribution in [-0.2, 0) is 11.2 Å². The Morgan fingerprint density at radius 3 is 3.17 bits per heavy atom. The van der Waals surface area contributed by atoms with Crippen LogP contribution in [0.2, 0.25) is 0 Å². The fraction of sp³-hybridized carbons (Fsp3) is 0.769. The quantitative estimate of drug-likeness (QED) is 0.889. The maximum atomic E-state index is 5.50. The normalized spacial score (nSPS) is 28.2. The SMILES string of the molecule is CNC1CCCc2nc(N3CCOCC3C)sc21. The van der Waals surface area contributed by atoms with Gasteiger partial charge in [0.2, 0.25) is 0 Å². The predicted molar refractivity (Wildman–Crippen MR) is 74.5 cm³/mol. The van der Waals surface area contributed by atoms with Crippen molar-refractivity contribution in [1.29, 1.82) is 0 Å². The van der Waals surface area contributed by atoms with Gasteiger partial charge in [0.05, 0.1) is 24.9 Å². The number of fused-ring (bicyclic) bond motifs is 1. The second kappa shape index (κ2) is 5.15. The van der Waals surface area contributed by atoms with Crippen molar-refractivity contribution in [1.82, 2.24) is 10.3 Å². The number of thiazole rings is 1. The van der Waals surface area contributed by atoms with Crippen LogP contribution in [0.4, 0.5) is 5.13 Å². The molecule has 0 aromatic carbocycles. The minimum atomic E-state index is 0.444. The van der Waals surface area contributed by atoms with Crippen molar-refractivity contribution in [2.24, 2.45) is 0 Å². The molecule has 4 nitrogen and oxygen atoms in total. The van der Waals surface area contributed by atoms with E-state index in [4.69, 9.17) is 9.72 Å². The fourth-order valence-electron chi connectivity index (χ4n) is 2.82. The summed E-state index contributed by atoms with van der Waals surface area (Å²) in [5.41, 5.74) is 1.32. The van der Waals surface area contributed by atoms with Gasteiger partial charge < -0.3 is 15.0 Å².